The number of hydrogen-bond donors (Lipinski definition) is 2. The number of benzene rings is 1. The number of rotatable bonds is 2. The van der Waals surface area contributed by atoms with E-state index in [0.29, 0.717) is 5.92 Å². The Labute approximate surface area is 99.7 Å². The molecule has 2 atom stereocenters. The van der Waals surface area contributed by atoms with Gasteiger partial charge in [-0.25, -0.2) is 4.39 Å². The Morgan fingerprint density at radius 1 is 1.47 bits per heavy atom. The summed E-state index contributed by atoms with van der Waals surface area (Å²) in [5, 5.41) is 11.9. The van der Waals surface area contributed by atoms with Gasteiger partial charge < -0.3 is 10.4 Å². The number of nitrogens with one attached hydrogen (secondary N) is 1. The van der Waals surface area contributed by atoms with Crippen LogP contribution in [0.1, 0.15) is 36.5 Å². The zero-order valence-corrected chi connectivity index (χ0v) is 9.74. The average molecular weight is 237 g/mol. The van der Waals surface area contributed by atoms with Crippen molar-refractivity contribution in [3.05, 3.63) is 29.6 Å². The molecule has 1 aromatic carbocycles. The van der Waals surface area contributed by atoms with Gasteiger partial charge in [-0.2, -0.15) is 0 Å². The third-order valence-corrected chi connectivity index (χ3v) is 3.23. The quantitative estimate of drug-likeness (QED) is 0.830. The molecule has 0 spiro atoms. The molecule has 2 N–H and O–H groups in total. The molecule has 0 aromatic heterocycles. The van der Waals surface area contributed by atoms with Crippen LogP contribution in [-0.4, -0.2) is 17.1 Å². The number of carbonyl (C=O) groups is 1. The Bertz CT molecular complexity index is 433. The summed E-state index contributed by atoms with van der Waals surface area (Å²) in [5.74, 6) is -0.645. The zero-order chi connectivity index (χ0) is 12.4. The van der Waals surface area contributed by atoms with E-state index in [1.165, 1.54) is 12.1 Å². The molecule has 2 rings (SSSR count). The summed E-state index contributed by atoms with van der Waals surface area (Å²) < 4.78 is 13.4. The molecule has 0 saturated heterocycles. The summed E-state index contributed by atoms with van der Waals surface area (Å²) in [6, 6.07) is 3.71. The molecule has 0 heterocycles. The van der Waals surface area contributed by atoms with Gasteiger partial charge in [0, 0.05) is 12.1 Å². The van der Waals surface area contributed by atoms with Gasteiger partial charge in [-0.05, 0) is 37.3 Å². The summed E-state index contributed by atoms with van der Waals surface area (Å²) >= 11 is 0. The van der Waals surface area contributed by atoms with Crippen LogP contribution in [0, 0.1) is 11.7 Å². The standard InChI is InChI=1S/C13H16FNO2/c1-8-2-3-9(6-8)15-13(17)11-5-4-10(16)7-12(11)14/h4-5,7-9,16H,2-3,6H2,1H3,(H,15,17). The van der Waals surface area contributed by atoms with Crippen molar-refractivity contribution in [2.45, 2.75) is 32.2 Å². The van der Waals surface area contributed by atoms with Crippen LogP contribution >= 0.6 is 0 Å². The van der Waals surface area contributed by atoms with Crippen LogP contribution in [0.25, 0.3) is 0 Å². The SMILES string of the molecule is CC1CCC(NC(=O)c2ccc(O)cc2F)C1. The lowest BCUT2D eigenvalue weighted by Crippen LogP contribution is -2.33. The van der Waals surface area contributed by atoms with Gasteiger partial charge in [0.05, 0.1) is 5.56 Å². The van der Waals surface area contributed by atoms with Crippen LogP contribution in [0.2, 0.25) is 0 Å². The largest absolute Gasteiger partial charge is 0.508 e. The molecule has 1 fully saturated rings. The Kier molecular flexibility index (Phi) is 3.31. The number of phenolic OH excluding ortho intramolecular Hbond substituents is 1. The second kappa shape index (κ2) is 4.73. The molecule has 3 nitrogen and oxygen atoms in total. The van der Waals surface area contributed by atoms with E-state index in [4.69, 9.17) is 5.11 Å². The van der Waals surface area contributed by atoms with Gasteiger partial charge >= 0.3 is 0 Å². The maximum absolute atomic E-state index is 13.4. The molecule has 0 aliphatic heterocycles. The van der Waals surface area contributed by atoms with Gasteiger partial charge in [0.2, 0.25) is 0 Å². The number of amides is 1. The zero-order valence-electron chi connectivity index (χ0n) is 9.74. The van der Waals surface area contributed by atoms with Gasteiger partial charge in [-0.1, -0.05) is 6.92 Å². The first-order valence-corrected chi connectivity index (χ1v) is 5.85. The molecule has 17 heavy (non-hydrogen) atoms. The fraction of sp³-hybridized carbons (Fsp3) is 0.462. The number of aromatic hydroxyl groups is 1. The number of carbonyl (C=O) groups excluding carboxylic acids is 1. The summed E-state index contributed by atoms with van der Waals surface area (Å²) in [4.78, 5) is 11.8. The van der Waals surface area contributed by atoms with Crippen LogP contribution in [0.3, 0.4) is 0 Å². The molecule has 1 saturated carbocycles. The van der Waals surface area contributed by atoms with Crippen LogP contribution in [0.5, 0.6) is 5.75 Å². The summed E-state index contributed by atoms with van der Waals surface area (Å²) in [6.45, 7) is 2.15. The molecule has 4 heteroatoms. The van der Waals surface area contributed by atoms with Gasteiger partial charge in [0.15, 0.2) is 0 Å². The van der Waals surface area contributed by atoms with Crippen molar-refractivity contribution in [2.24, 2.45) is 5.92 Å². The van der Waals surface area contributed by atoms with Crippen molar-refractivity contribution in [3.63, 3.8) is 0 Å². The highest BCUT2D eigenvalue weighted by molar-refractivity contribution is 5.94. The van der Waals surface area contributed by atoms with Crippen molar-refractivity contribution < 1.29 is 14.3 Å². The third kappa shape index (κ3) is 2.75. The van der Waals surface area contributed by atoms with Gasteiger partial charge in [0.25, 0.3) is 5.91 Å². The van der Waals surface area contributed by atoms with E-state index >= 15 is 0 Å². The normalized spacial score (nSPS) is 23.6. The van der Waals surface area contributed by atoms with E-state index in [0.717, 1.165) is 25.3 Å². The second-order valence-electron chi connectivity index (χ2n) is 4.75. The summed E-state index contributed by atoms with van der Waals surface area (Å²) in [7, 11) is 0. The van der Waals surface area contributed by atoms with Crippen molar-refractivity contribution in [1.29, 1.82) is 0 Å². The lowest BCUT2D eigenvalue weighted by atomic mass is 10.1. The lowest BCUT2D eigenvalue weighted by Gasteiger charge is -2.12. The minimum Gasteiger partial charge on any atom is -0.508 e. The van der Waals surface area contributed by atoms with Gasteiger partial charge in [-0.15, -0.1) is 0 Å². The molecule has 1 aliphatic carbocycles. The van der Waals surface area contributed by atoms with E-state index < -0.39 is 11.7 Å². The molecular weight excluding hydrogens is 221 g/mol. The van der Waals surface area contributed by atoms with Crippen LogP contribution in [-0.2, 0) is 0 Å². The monoisotopic (exact) mass is 237 g/mol. The lowest BCUT2D eigenvalue weighted by molar-refractivity contribution is 0.0933. The first kappa shape index (κ1) is 11.9. The number of halogens is 1. The minimum absolute atomic E-state index is 0.0117. The van der Waals surface area contributed by atoms with E-state index in [1.807, 2.05) is 0 Å². The smallest absolute Gasteiger partial charge is 0.254 e. The number of hydrogen-bond acceptors (Lipinski definition) is 2. The van der Waals surface area contributed by atoms with Crippen LogP contribution in [0.4, 0.5) is 4.39 Å². The maximum atomic E-state index is 13.4. The molecule has 0 radical (unpaired) electrons. The molecule has 1 aliphatic rings. The van der Waals surface area contributed by atoms with Crippen molar-refractivity contribution in [2.75, 3.05) is 0 Å². The van der Waals surface area contributed by atoms with E-state index in [2.05, 4.69) is 12.2 Å². The molecule has 2 unspecified atom stereocenters. The Balaban J connectivity index is 2.04. The first-order valence-electron chi connectivity index (χ1n) is 5.85. The number of phenols is 1. The van der Waals surface area contributed by atoms with Gasteiger partial charge in [0.1, 0.15) is 11.6 Å². The maximum Gasteiger partial charge on any atom is 0.254 e. The summed E-state index contributed by atoms with van der Waals surface area (Å²) in [6.07, 6.45) is 3.00. The summed E-state index contributed by atoms with van der Waals surface area (Å²) in [5.41, 5.74) is -0.0117. The minimum atomic E-state index is -0.687. The molecule has 1 amide bonds. The highest BCUT2D eigenvalue weighted by Crippen LogP contribution is 2.25. The molecule has 92 valence electrons. The topological polar surface area (TPSA) is 49.3 Å². The highest BCUT2D eigenvalue weighted by Gasteiger charge is 2.24. The Morgan fingerprint density at radius 3 is 2.82 bits per heavy atom. The fourth-order valence-corrected chi connectivity index (χ4v) is 2.29. The van der Waals surface area contributed by atoms with Crippen molar-refractivity contribution in [1.82, 2.24) is 5.32 Å². The second-order valence-corrected chi connectivity index (χ2v) is 4.75. The van der Waals surface area contributed by atoms with Crippen molar-refractivity contribution in [3.8, 4) is 5.75 Å². The van der Waals surface area contributed by atoms with Gasteiger partial charge in [-0.3, -0.25) is 4.79 Å². The third-order valence-electron chi connectivity index (χ3n) is 3.23. The predicted octanol–water partition coefficient (Wildman–Crippen LogP) is 2.45. The van der Waals surface area contributed by atoms with Crippen LogP contribution < -0.4 is 5.32 Å². The van der Waals surface area contributed by atoms with E-state index in [1.54, 1.807) is 0 Å². The predicted molar refractivity (Wildman–Crippen MR) is 62.3 cm³/mol. The molecule has 1 aromatic rings. The fourth-order valence-electron chi connectivity index (χ4n) is 2.29. The van der Waals surface area contributed by atoms with E-state index in [9.17, 15) is 9.18 Å². The van der Waals surface area contributed by atoms with Crippen LogP contribution in [0.15, 0.2) is 18.2 Å². The highest BCUT2D eigenvalue weighted by atomic mass is 19.1. The Morgan fingerprint density at radius 2 is 2.24 bits per heavy atom. The first-order chi connectivity index (χ1) is 8.06. The molecular formula is C13H16FNO2. The van der Waals surface area contributed by atoms with Crippen molar-refractivity contribution >= 4 is 5.91 Å². The Hall–Kier alpha value is -1.58. The average Bonchev–Trinajstić information content (AvgIpc) is 2.63. The molecule has 0 bridgehead atoms. The van der Waals surface area contributed by atoms with E-state index in [-0.39, 0.29) is 17.4 Å².